The molecule has 0 unspecified atom stereocenters. The number of rotatable bonds is 7. The van der Waals surface area contributed by atoms with Crippen LogP contribution in [-0.2, 0) is 26.5 Å². The second kappa shape index (κ2) is 8.95. The van der Waals surface area contributed by atoms with Crippen LogP contribution in [0.15, 0.2) is 76.5 Å². The quantitative estimate of drug-likeness (QED) is 0.385. The summed E-state index contributed by atoms with van der Waals surface area (Å²) in [5.41, 5.74) is 1.22. The molecule has 12 heteroatoms. The highest BCUT2D eigenvalue weighted by Crippen LogP contribution is 2.34. The minimum absolute atomic E-state index is 0.125. The molecule has 3 aromatic carbocycles. The van der Waals surface area contributed by atoms with Crippen LogP contribution in [0.4, 0.5) is 17.1 Å². The number of nitro benzene ring substituents is 1. The summed E-state index contributed by atoms with van der Waals surface area (Å²) in [6, 6.07) is 15.3. The van der Waals surface area contributed by atoms with Gasteiger partial charge in [-0.05, 0) is 73.0 Å². The topological polar surface area (TPSA) is 136 Å². The van der Waals surface area contributed by atoms with Crippen LogP contribution in [0.3, 0.4) is 0 Å². The Hall–Kier alpha value is -3.64. The summed E-state index contributed by atoms with van der Waals surface area (Å²) >= 11 is 0. The Morgan fingerprint density at radius 3 is 2.21 bits per heavy atom. The van der Waals surface area contributed by atoms with Crippen molar-refractivity contribution in [3.63, 3.8) is 0 Å². The first-order valence-corrected chi connectivity index (χ1v) is 13.1. The van der Waals surface area contributed by atoms with Gasteiger partial charge in [0.05, 0.1) is 27.5 Å². The summed E-state index contributed by atoms with van der Waals surface area (Å²) in [5.74, 6) is 0.544. The SMILES string of the molecule is COc1ccc(S(=O)(=O)N2CCCc3cc(NS(=O)(=O)c4ccc([N+](=O)[O-])cc4)ccc32)cc1. The van der Waals surface area contributed by atoms with Crippen LogP contribution in [-0.4, -0.2) is 35.4 Å². The molecule has 1 aliphatic rings. The number of aryl methyl sites for hydroxylation is 1. The predicted molar refractivity (Wildman–Crippen MR) is 126 cm³/mol. The highest BCUT2D eigenvalue weighted by atomic mass is 32.2. The maximum absolute atomic E-state index is 13.2. The first kappa shape index (κ1) is 23.5. The molecule has 0 spiro atoms. The minimum atomic E-state index is -3.99. The summed E-state index contributed by atoms with van der Waals surface area (Å²) in [6.45, 7) is 0.301. The number of hydrogen-bond donors (Lipinski definition) is 1. The zero-order valence-electron chi connectivity index (χ0n) is 18.0. The molecular formula is C22H21N3O7S2. The number of fused-ring (bicyclic) bond motifs is 1. The number of nitrogens with one attached hydrogen (secondary N) is 1. The maximum Gasteiger partial charge on any atom is 0.269 e. The van der Waals surface area contributed by atoms with E-state index < -0.39 is 25.0 Å². The Balaban J connectivity index is 1.61. The number of anilines is 2. The Morgan fingerprint density at radius 2 is 1.59 bits per heavy atom. The lowest BCUT2D eigenvalue weighted by atomic mass is 10.0. The molecule has 0 radical (unpaired) electrons. The Bertz CT molecular complexity index is 1440. The van der Waals surface area contributed by atoms with E-state index in [1.165, 1.54) is 29.6 Å². The van der Waals surface area contributed by atoms with E-state index in [4.69, 9.17) is 4.74 Å². The lowest BCUT2D eigenvalue weighted by Gasteiger charge is -2.31. The van der Waals surface area contributed by atoms with Gasteiger partial charge in [0.1, 0.15) is 5.75 Å². The van der Waals surface area contributed by atoms with Gasteiger partial charge in [0.15, 0.2) is 0 Å². The molecule has 0 bridgehead atoms. The van der Waals surface area contributed by atoms with Gasteiger partial charge in [0, 0.05) is 24.4 Å². The minimum Gasteiger partial charge on any atom is -0.497 e. The Labute approximate surface area is 197 Å². The zero-order valence-corrected chi connectivity index (χ0v) is 19.7. The van der Waals surface area contributed by atoms with E-state index in [2.05, 4.69) is 4.72 Å². The monoisotopic (exact) mass is 503 g/mol. The molecule has 0 atom stereocenters. The average Bonchev–Trinajstić information content (AvgIpc) is 2.83. The van der Waals surface area contributed by atoms with Crippen molar-refractivity contribution in [1.82, 2.24) is 0 Å². The van der Waals surface area contributed by atoms with Gasteiger partial charge in [-0.1, -0.05) is 0 Å². The number of benzene rings is 3. The fraction of sp³-hybridized carbons (Fsp3) is 0.182. The molecular weight excluding hydrogens is 482 g/mol. The number of methoxy groups -OCH3 is 1. The molecule has 10 nitrogen and oxygen atoms in total. The van der Waals surface area contributed by atoms with Crippen LogP contribution in [0.1, 0.15) is 12.0 Å². The van der Waals surface area contributed by atoms with E-state index in [0.29, 0.717) is 36.4 Å². The van der Waals surface area contributed by atoms with Crippen LogP contribution in [0, 0.1) is 10.1 Å². The van der Waals surface area contributed by atoms with Crippen LogP contribution < -0.4 is 13.8 Å². The summed E-state index contributed by atoms with van der Waals surface area (Å²) in [6.07, 6.45) is 1.15. The summed E-state index contributed by atoms with van der Waals surface area (Å²) in [7, 11) is -6.31. The molecule has 0 fully saturated rings. The lowest BCUT2D eigenvalue weighted by molar-refractivity contribution is -0.384. The molecule has 0 saturated heterocycles. The highest BCUT2D eigenvalue weighted by molar-refractivity contribution is 7.93. The third kappa shape index (κ3) is 4.54. The van der Waals surface area contributed by atoms with Gasteiger partial charge >= 0.3 is 0 Å². The lowest BCUT2D eigenvalue weighted by Crippen LogP contribution is -2.35. The zero-order chi connectivity index (χ0) is 24.5. The Kier molecular flexibility index (Phi) is 6.19. The molecule has 178 valence electrons. The van der Waals surface area contributed by atoms with E-state index in [0.717, 1.165) is 24.3 Å². The summed E-state index contributed by atoms with van der Waals surface area (Å²) in [4.78, 5) is 10.2. The number of sulfonamides is 2. The van der Waals surface area contributed by atoms with E-state index in [1.54, 1.807) is 24.3 Å². The van der Waals surface area contributed by atoms with Gasteiger partial charge in [-0.25, -0.2) is 16.8 Å². The van der Waals surface area contributed by atoms with Crippen molar-refractivity contribution in [3.8, 4) is 5.75 Å². The number of non-ortho nitro benzene ring substituents is 1. The van der Waals surface area contributed by atoms with Crippen LogP contribution >= 0.6 is 0 Å². The van der Waals surface area contributed by atoms with E-state index in [9.17, 15) is 26.9 Å². The fourth-order valence-electron chi connectivity index (χ4n) is 3.71. The molecule has 0 aromatic heterocycles. The normalized spacial score (nSPS) is 13.7. The van der Waals surface area contributed by atoms with Crippen LogP contribution in [0.5, 0.6) is 5.75 Å². The number of ether oxygens (including phenoxy) is 1. The Morgan fingerprint density at radius 1 is 0.941 bits per heavy atom. The van der Waals surface area contributed by atoms with Crippen molar-refractivity contribution >= 4 is 37.1 Å². The molecule has 0 saturated carbocycles. The molecule has 1 aliphatic heterocycles. The first-order valence-electron chi connectivity index (χ1n) is 10.2. The van der Waals surface area contributed by atoms with E-state index >= 15 is 0 Å². The van der Waals surface area contributed by atoms with Crippen molar-refractivity contribution in [2.75, 3.05) is 22.7 Å². The van der Waals surface area contributed by atoms with Crippen LogP contribution in [0.25, 0.3) is 0 Å². The van der Waals surface area contributed by atoms with Crippen LogP contribution in [0.2, 0.25) is 0 Å². The van der Waals surface area contributed by atoms with Crippen molar-refractivity contribution in [1.29, 1.82) is 0 Å². The maximum atomic E-state index is 13.2. The number of hydrogen-bond acceptors (Lipinski definition) is 7. The fourth-order valence-corrected chi connectivity index (χ4v) is 6.30. The van der Waals surface area contributed by atoms with Crippen molar-refractivity contribution in [2.45, 2.75) is 22.6 Å². The molecule has 34 heavy (non-hydrogen) atoms. The van der Waals surface area contributed by atoms with Crippen molar-refractivity contribution in [3.05, 3.63) is 82.4 Å². The standard InChI is InChI=1S/C22H21N3O7S2/c1-32-19-7-11-21(12-8-19)34(30,31)24-14-2-3-16-15-17(4-13-22(16)24)23-33(28,29)20-9-5-18(6-10-20)25(26)27/h4-13,15,23H,2-3,14H2,1H3. The third-order valence-corrected chi connectivity index (χ3v) is 8.64. The molecule has 0 aliphatic carbocycles. The number of nitro groups is 1. The average molecular weight is 504 g/mol. The van der Waals surface area contributed by atoms with Crippen molar-refractivity contribution in [2.24, 2.45) is 0 Å². The van der Waals surface area contributed by atoms with Gasteiger partial charge in [0.25, 0.3) is 25.7 Å². The summed E-state index contributed by atoms with van der Waals surface area (Å²) < 4.78 is 60.8. The van der Waals surface area contributed by atoms with E-state index in [1.807, 2.05) is 0 Å². The van der Waals surface area contributed by atoms with Gasteiger partial charge < -0.3 is 4.74 Å². The second-order valence-corrected chi connectivity index (χ2v) is 11.1. The third-order valence-electron chi connectivity index (χ3n) is 5.41. The predicted octanol–water partition coefficient (Wildman–Crippen LogP) is 3.55. The largest absolute Gasteiger partial charge is 0.497 e. The molecule has 1 N–H and O–H groups in total. The van der Waals surface area contributed by atoms with Gasteiger partial charge in [-0.2, -0.15) is 0 Å². The molecule has 4 rings (SSSR count). The number of nitrogens with zero attached hydrogens (tertiary/aromatic N) is 2. The van der Waals surface area contributed by atoms with Gasteiger partial charge in [-0.15, -0.1) is 0 Å². The second-order valence-electron chi connectivity index (χ2n) is 7.56. The van der Waals surface area contributed by atoms with Gasteiger partial charge in [-0.3, -0.25) is 19.1 Å². The smallest absolute Gasteiger partial charge is 0.269 e. The van der Waals surface area contributed by atoms with Gasteiger partial charge in [0.2, 0.25) is 0 Å². The highest BCUT2D eigenvalue weighted by Gasteiger charge is 2.29. The molecule has 0 amide bonds. The van der Waals surface area contributed by atoms with Crippen molar-refractivity contribution < 1.29 is 26.5 Å². The van der Waals surface area contributed by atoms with E-state index in [-0.39, 0.29) is 21.2 Å². The first-order chi connectivity index (χ1) is 16.1. The molecule has 1 heterocycles. The summed E-state index contributed by atoms with van der Waals surface area (Å²) in [5, 5.41) is 10.8. The molecule has 3 aromatic rings.